The van der Waals surface area contributed by atoms with Gasteiger partial charge in [0.1, 0.15) is 0 Å². The van der Waals surface area contributed by atoms with Crippen LogP contribution in [0.5, 0.6) is 0 Å². The van der Waals surface area contributed by atoms with E-state index in [4.69, 9.17) is 26.2 Å². The first kappa shape index (κ1) is 25.5. The molecule has 146 valence electrons. The minimum atomic E-state index is -1.26. The molecular formula is C17H20N2O8. The molecule has 0 fully saturated rings. The second-order valence-electron chi connectivity index (χ2n) is 4.29. The molecule has 10 heteroatoms. The van der Waals surface area contributed by atoms with Crippen molar-refractivity contribution in [2.75, 3.05) is 6.54 Å². The van der Waals surface area contributed by atoms with E-state index in [0.717, 1.165) is 12.0 Å². The smallest absolute Gasteiger partial charge is 0.328 e. The van der Waals surface area contributed by atoms with Crippen LogP contribution in [0.2, 0.25) is 0 Å². The molecule has 0 aliphatic carbocycles. The SMILES string of the molecule is NCCC=Cc1cccnc1.O=C(O)C=CC(=O)O.O=C(O)C=CC(=O)O. The molecule has 0 spiro atoms. The molecule has 1 aromatic rings. The number of hydrogen-bond acceptors (Lipinski definition) is 6. The van der Waals surface area contributed by atoms with E-state index < -0.39 is 23.9 Å². The van der Waals surface area contributed by atoms with Gasteiger partial charge in [-0.1, -0.05) is 18.2 Å². The lowest BCUT2D eigenvalue weighted by Crippen LogP contribution is -1.94. The summed E-state index contributed by atoms with van der Waals surface area (Å²) >= 11 is 0. The highest BCUT2D eigenvalue weighted by atomic mass is 16.4. The molecule has 10 nitrogen and oxygen atoms in total. The van der Waals surface area contributed by atoms with Gasteiger partial charge in [0.05, 0.1) is 0 Å². The van der Waals surface area contributed by atoms with E-state index in [1.165, 1.54) is 0 Å². The molecule has 0 aromatic carbocycles. The number of carboxylic acid groups (broad SMARTS) is 4. The van der Waals surface area contributed by atoms with E-state index in [1.54, 1.807) is 6.20 Å². The molecule has 0 bridgehead atoms. The average molecular weight is 380 g/mol. The van der Waals surface area contributed by atoms with Crippen LogP contribution >= 0.6 is 0 Å². The van der Waals surface area contributed by atoms with Gasteiger partial charge >= 0.3 is 23.9 Å². The van der Waals surface area contributed by atoms with Gasteiger partial charge in [-0.3, -0.25) is 4.98 Å². The first-order valence-electron chi connectivity index (χ1n) is 7.23. The molecule has 1 rings (SSSR count). The average Bonchev–Trinajstić information content (AvgIpc) is 2.60. The predicted molar refractivity (Wildman–Crippen MR) is 95.8 cm³/mol. The zero-order valence-electron chi connectivity index (χ0n) is 14.1. The summed E-state index contributed by atoms with van der Waals surface area (Å²) in [6.07, 6.45) is 10.8. The first-order chi connectivity index (χ1) is 12.7. The molecule has 0 aliphatic heterocycles. The van der Waals surface area contributed by atoms with Crippen molar-refractivity contribution in [3.05, 3.63) is 60.5 Å². The van der Waals surface area contributed by atoms with Crippen molar-refractivity contribution < 1.29 is 39.6 Å². The van der Waals surface area contributed by atoms with Crippen LogP contribution in [0.15, 0.2) is 54.9 Å². The summed E-state index contributed by atoms with van der Waals surface area (Å²) < 4.78 is 0. The van der Waals surface area contributed by atoms with Gasteiger partial charge < -0.3 is 26.2 Å². The van der Waals surface area contributed by atoms with Crippen molar-refractivity contribution >= 4 is 30.0 Å². The van der Waals surface area contributed by atoms with Crippen LogP contribution in [0, 0.1) is 0 Å². The third kappa shape index (κ3) is 24.6. The lowest BCUT2D eigenvalue weighted by Gasteiger charge is -1.89. The van der Waals surface area contributed by atoms with Crippen molar-refractivity contribution in [2.24, 2.45) is 5.73 Å². The highest BCUT2D eigenvalue weighted by Gasteiger charge is 1.88. The van der Waals surface area contributed by atoms with Gasteiger partial charge in [-0.05, 0) is 24.6 Å². The van der Waals surface area contributed by atoms with Gasteiger partial charge in [-0.15, -0.1) is 0 Å². The van der Waals surface area contributed by atoms with E-state index in [1.807, 2.05) is 24.4 Å². The molecular weight excluding hydrogens is 360 g/mol. The number of carbonyl (C=O) groups is 4. The Kier molecular flexibility index (Phi) is 16.1. The van der Waals surface area contributed by atoms with Gasteiger partial charge in [0.15, 0.2) is 0 Å². The Balaban J connectivity index is 0. The monoisotopic (exact) mass is 380 g/mol. The van der Waals surface area contributed by atoms with E-state index in [0.29, 0.717) is 30.8 Å². The molecule has 0 aliphatic rings. The van der Waals surface area contributed by atoms with Crippen molar-refractivity contribution in [1.29, 1.82) is 0 Å². The molecule has 1 aromatic heterocycles. The molecule has 0 atom stereocenters. The second kappa shape index (κ2) is 17.0. The van der Waals surface area contributed by atoms with E-state index in [9.17, 15) is 19.2 Å². The van der Waals surface area contributed by atoms with Crippen molar-refractivity contribution in [3.63, 3.8) is 0 Å². The number of nitrogens with zero attached hydrogens (tertiary/aromatic N) is 1. The van der Waals surface area contributed by atoms with Crippen molar-refractivity contribution in [3.8, 4) is 0 Å². The standard InChI is InChI=1S/C9H12N2.2C4H4O4/c10-6-2-1-4-9-5-3-7-11-8-9;2*5-3(6)1-2-4(7)8/h1,3-5,7-8H,2,6,10H2;2*1-2H,(H,5,6)(H,7,8). The highest BCUT2D eigenvalue weighted by molar-refractivity contribution is 5.90. The molecule has 0 saturated carbocycles. The Morgan fingerprint density at radius 1 is 0.889 bits per heavy atom. The number of rotatable bonds is 7. The summed E-state index contributed by atoms with van der Waals surface area (Å²) in [6.45, 7) is 0.705. The number of pyridine rings is 1. The van der Waals surface area contributed by atoms with E-state index in [-0.39, 0.29) is 0 Å². The van der Waals surface area contributed by atoms with Gasteiger partial charge in [0.2, 0.25) is 0 Å². The summed E-state index contributed by atoms with van der Waals surface area (Å²) in [4.78, 5) is 42.2. The lowest BCUT2D eigenvalue weighted by molar-refractivity contribution is -0.134. The minimum absolute atomic E-state index is 0.558. The third-order valence-corrected chi connectivity index (χ3v) is 2.07. The van der Waals surface area contributed by atoms with Crippen molar-refractivity contribution in [2.45, 2.75) is 6.42 Å². The fourth-order valence-corrected chi connectivity index (χ4v) is 1.08. The van der Waals surface area contributed by atoms with Crippen LogP contribution < -0.4 is 5.73 Å². The molecule has 1 heterocycles. The number of aromatic nitrogens is 1. The second-order valence-corrected chi connectivity index (χ2v) is 4.29. The summed E-state index contributed by atoms with van der Waals surface area (Å²) in [5, 5.41) is 31.2. The minimum Gasteiger partial charge on any atom is -0.478 e. The van der Waals surface area contributed by atoms with Crippen LogP contribution in [0.3, 0.4) is 0 Å². The molecule has 0 unspecified atom stereocenters. The number of hydrogen-bond donors (Lipinski definition) is 5. The van der Waals surface area contributed by atoms with E-state index >= 15 is 0 Å². The quantitative estimate of drug-likeness (QED) is 0.424. The Morgan fingerprint density at radius 3 is 1.63 bits per heavy atom. The topological polar surface area (TPSA) is 188 Å². The molecule has 6 N–H and O–H groups in total. The predicted octanol–water partition coefficient (Wildman–Crippen LogP) is 0.867. The van der Waals surface area contributed by atoms with Crippen LogP contribution in [-0.2, 0) is 19.2 Å². The molecule has 0 amide bonds. The molecule has 0 radical (unpaired) electrons. The Morgan fingerprint density at radius 2 is 1.33 bits per heavy atom. The lowest BCUT2D eigenvalue weighted by atomic mass is 10.2. The normalized spacial score (nSPS) is 9.96. The Hall–Kier alpha value is -3.79. The maximum absolute atomic E-state index is 9.55. The van der Waals surface area contributed by atoms with Gasteiger partial charge in [-0.2, -0.15) is 0 Å². The largest absolute Gasteiger partial charge is 0.478 e. The summed E-state index contributed by atoms with van der Waals surface area (Å²) in [5.41, 5.74) is 6.45. The third-order valence-electron chi connectivity index (χ3n) is 2.07. The molecule has 27 heavy (non-hydrogen) atoms. The number of aliphatic carboxylic acids is 4. The van der Waals surface area contributed by atoms with Crippen LogP contribution in [0.1, 0.15) is 12.0 Å². The van der Waals surface area contributed by atoms with Crippen molar-refractivity contribution in [1.82, 2.24) is 4.98 Å². The fraction of sp³-hybridized carbons (Fsp3) is 0.118. The summed E-state index contributed by atoms with van der Waals surface area (Å²) in [7, 11) is 0. The number of carboxylic acids is 4. The van der Waals surface area contributed by atoms with Gasteiger partial charge in [0, 0.05) is 36.7 Å². The van der Waals surface area contributed by atoms with Crippen LogP contribution in [0.25, 0.3) is 6.08 Å². The first-order valence-corrected chi connectivity index (χ1v) is 7.23. The van der Waals surface area contributed by atoms with E-state index in [2.05, 4.69) is 11.1 Å². The highest BCUT2D eigenvalue weighted by Crippen LogP contribution is 1.98. The summed E-state index contributed by atoms with van der Waals surface area (Å²) in [5.74, 6) is -5.03. The van der Waals surface area contributed by atoms with Gasteiger partial charge in [-0.25, -0.2) is 19.2 Å². The Labute approximate surface area is 154 Å². The summed E-state index contributed by atoms with van der Waals surface area (Å²) in [6, 6.07) is 3.93. The molecule has 0 saturated heterocycles. The maximum Gasteiger partial charge on any atom is 0.328 e. The fourth-order valence-electron chi connectivity index (χ4n) is 1.08. The zero-order chi connectivity index (χ0) is 21.1. The Bertz CT molecular complexity index is 615. The van der Waals surface area contributed by atoms with Gasteiger partial charge in [0.25, 0.3) is 0 Å². The number of nitrogens with two attached hydrogens (primary N) is 1. The zero-order valence-corrected chi connectivity index (χ0v) is 14.1. The van der Waals surface area contributed by atoms with Crippen LogP contribution in [-0.4, -0.2) is 55.8 Å². The maximum atomic E-state index is 9.55. The van der Waals surface area contributed by atoms with Crippen LogP contribution in [0.4, 0.5) is 0 Å².